The van der Waals surface area contributed by atoms with E-state index >= 15 is 0 Å². The van der Waals surface area contributed by atoms with Crippen LogP contribution in [0.5, 0.6) is 5.75 Å². The molecular weight excluding hydrogens is 477 g/mol. The highest BCUT2D eigenvalue weighted by Gasteiger charge is 2.32. The van der Waals surface area contributed by atoms with Crippen LogP contribution in [0.2, 0.25) is 0 Å². The third-order valence-electron chi connectivity index (χ3n) is 5.76. The Balaban J connectivity index is 1.78. The Bertz CT molecular complexity index is 1380. The number of rotatable bonds is 7. The molecular formula is C28H30FN3O3S. The largest absolute Gasteiger partial charge is 0.508 e. The van der Waals surface area contributed by atoms with E-state index in [1.807, 2.05) is 41.9 Å². The zero-order valence-electron chi connectivity index (χ0n) is 21.1. The first-order valence-electron chi connectivity index (χ1n) is 11.8. The Kier molecular flexibility index (Phi) is 7.36. The lowest BCUT2D eigenvalue weighted by Crippen LogP contribution is -2.22. The molecule has 0 spiro atoms. The summed E-state index contributed by atoms with van der Waals surface area (Å²) in [4.78, 5) is 22.4. The topological polar surface area (TPSA) is 77.2 Å². The summed E-state index contributed by atoms with van der Waals surface area (Å²) in [6.45, 7) is 8.45. The minimum absolute atomic E-state index is 0.121. The second kappa shape index (κ2) is 10.3. The maximum atomic E-state index is 13.3. The number of halogens is 1. The van der Waals surface area contributed by atoms with Crippen molar-refractivity contribution >= 4 is 28.6 Å². The van der Waals surface area contributed by atoms with Crippen LogP contribution >= 0.6 is 11.8 Å². The first kappa shape index (κ1) is 25.7. The van der Waals surface area contributed by atoms with Crippen LogP contribution in [0.15, 0.2) is 59.8 Å². The highest BCUT2D eigenvalue weighted by atomic mass is 32.2. The predicted molar refractivity (Wildman–Crippen MR) is 141 cm³/mol. The molecule has 0 radical (unpaired) electrons. The number of nitrogens with zero attached hydrogens (tertiary/aromatic N) is 3. The molecule has 6 nitrogen and oxygen atoms in total. The van der Waals surface area contributed by atoms with Crippen LogP contribution in [0.3, 0.4) is 0 Å². The number of hydrogen-bond donors (Lipinski definition) is 1. The van der Waals surface area contributed by atoms with Gasteiger partial charge >= 0.3 is 5.97 Å². The minimum Gasteiger partial charge on any atom is -0.508 e. The first-order valence-corrected chi connectivity index (χ1v) is 12.6. The monoisotopic (exact) mass is 507 g/mol. The SMILES string of the molecule is CCOC(=O)C(Cc1ccc(-c2ncc(F)cn2)cc1)c1c(SC(C)(C)C)c2cc(O)ccc2n1C. The molecule has 0 aliphatic carbocycles. The molecule has 0 saturated carbocycles. The minimum atomic E-state index is -0.553. The molecule has 1 atom stereocenters. The smallest absolute Gasteiger partial charge is 0.315 e. The van der Waals surface area contributed by atoms with Crippen molar-refractivity contribution in [2.75, 3.05) is 6.61 Å². The molecule has 2 heterocycles. The molecule has 0 amide bonds. The van der Waals surface area contributed by atoms with Gasteiger partial charge in [-0.25, -0.2) is 14.4 Å². The fraction of sp³-hybridized carbons (Fsp3) is 0.321. The summed E-state index contributed by atoms with van der Waals surface area (Å²) in [5.74, 6) is -0.722. The molecule has 0 bridgehead atoms. The highest BCUT2D eigenvalue weighted by molar-refractivity contribution is 8.00. The van der Waals surface area contributed by atoms with Gasteiger partial charge in [-0.15, -0.1) is 11.8 Å². The van der Waals surface area contributed by atoms with E-state index in [0.717, 1.165) is 45.0 Å². The standard InChI is InChI=1S/C28H30FN3O3S/c1-6-35-27(34)22(13-17-7-9-18(10-8-17)26-30-15-19(29)16-31-26)24-25(36-28(2,3)4)21-14-20(33)11-12-23(21)32(24)5/h7-12,14-16,22,33H,6,13H2,1-5H3. The predicted octanol–water partition coefficient (Wildman–Crippen LogP) is 6.26. The van der Waals surface area contributed by atoms with Gasteiger partial charge in [-0.3, -0.25) is 4.79 Å². The van der Waals surface area contributed by atoms with Gasteiger partial charge in [0.25, 0.3) is 0 Å². The van der Waals surface area contributed by atoms with Gasteiger partial charge in [0.2, 0.25) is 0 Å². The fourth-order valence-electron chi connectivity index (χ4n) is 4.25. The molecule has 4 aromatic rings. The van der Waals surface area contributed by atoms with Crippen LogP contribution in [0, 0.1) is 5.82 Å². The average Bonchev–Trinajstić information content (AvgIpc) is 3.07. The quantitative estimate of drug-likeness (QED) is 0.235. The van der Waals surface area contributed by atoms with Gasteiger partial charge in [0, 0.05) is 38.9 Å². The van der Waals surface area contributed by atoms with Crippen LogP contribution in [0.1, 0.15) is 44.9 Å². The van der Waals surface area contributed by atoms with Crippen molar-refractivity contribution < 1.29 is 19.0 Å². The van der Waals surface area contributed by atoms with E-state index in [-0.39, 0.29) is 23.1 Å². The van der Waals surface area contributed by atoms with Gasteiger partial charge in [-0.2, -0.15) is 0 Å². The Hall–Kier alpha value is -3.39. The van der Waals surface area contributed by atoms with Crippen LogP contribution < -0.4 is 0 Å². The van der Waals surface area contributed by atoms with Crippen LogP contribution in [0.4, 0.5) is 4.39 Å². The van der Waals surface area contributed by atoms with Crippen molar-refractivity contribution in [3.05, 3.63) is 71.9 Å². The van der Waals surface area contributed by atoms with Gasteiger partial charge in [-0.05, 0) is 37.1 Å². The summed E-state index contributed by atoms with van der Waals surface area (Å²) in [5.41, 5.74) is 3.50. The highest BCUT2D eigenvalue weighted by Crippen LogP contribution is 2.45. The third kappa shape index (κ3) is 5.54. The second-order valence-electron chi connectivity index (χ2n) is 9.62. The van der Waals surface area contributed by atoms with E-state index in [2.05, 4.69) is 30.7 Å². The van der Waals surface area contributed by atoms with Gasteiger partial charge in [0.05, 0.1) is 19.0 Å². The molecule has 4 rings (SSSR count). The second-order valence-corrected chi connectivity index (χ2v) is 11.5. The van der Waals surface area contributed by atoms with Crippen molar-refractivity contribution in [2.45, 2.75) is 49.7 Å². The molecule has 1 N–H and O–H groups in total. The lowest BCUT2D eigenvalue weighted by Gasteiger charge is -2.23. The first-order chi connectivity index (χ1) is 17.1. The van der Waals surface area contributed by atoms with Gasteiger partial charge in [0.15, 0.2) is 11.6 Å². The van der Waals surface area contributed by atoms with E-state index in [4.69, 9.17) is 4.74 Å². The number of hydrogen-bond acceptors (Lipinski definition) is 6. The third-order valence-corrected chi connectivity index (χ3v) is 7.01. The molecule has 0 aliphatic heterocycles. The van der Waals surface area contributed by atoms with Crippen molar-refractivity contribution in [3.63, 3.8) is 0 Å². The summed E-state index contributed by atoms with van der Waals surface area (Å²) < 4.78 is 20.6. The Morgan fingerprint density at radius 2 is 1.81 bits per heavy atom. The fourth-order valence-corrected chi connectivity index (χ4v) is 5.51. The van der Waals surface area contributed by atoms with Crippen molar-refractivity contribution in [1.82, 2.24) is 14.5 Å². The summed E-state index contributed by atoms with van der Waals surface area (Å²) >= 11 is 1.67. The molecule has 36 heavy (non-hydrogen) atoms. The Morgan fingerprint density at radius 1 is 1.14 bits per heavy atom. The number of phenols is 1. The van der Waals surface area contributed by atoms with E-state index in [0.29, 0.717) is 12.2 Å². The van der Waals surface area contributed by atoms with E-state index < -0.39 is 11.7 Å². The summed E-state index contributed by atoms with van der Waals surface area (Å²) in [6.07, 6.45) is 2.70. The van der Waals surface area contributed by atoms with Gasteiger partial charge < -0.3 is 14.4 Å². The van der Waals surface area contributed by atoms with E-state index in [1.165, 1.54) is 0 Å². The van der Waals surface area contributed by atoms with Gasteiger partial charge in [0.1, 0.15) is 11.7 Å². The number of benzene rings is 2. The van der Waals surface area contributed by atoms with Gasteiger partial charge in [-0.1, -0.05) is 45.0 Å². The van der Waals surface area contributed by atoms with Crippen molar-refractivity contribution in [3.8, 4) is 17.1 Å². The molecule has 0 saturated heterocycles. The van der Waals surface area contributed by atoms with Crippen molar-refractivity contribution in [1.29, 1.82) is 0 Å². The summed E-state index contributed by atoms with van der Waals surface area (Å²) in [7, 11) is 1.95. The molecule has 1 unspecified atom stereocenters. The number of esters is 1. The zero-order chi connectivity index (χ0) is 26.0. The van der Waals surface area contributed by atoms with Crippen LogP contribution in [-0.2, 0) is 23.0 Å². The molecule has 2 aromatic heterocycles. The Morgan fingerprint density at radius 3 is 2.42 bits per heavy atom. The maximum absolute atomic E-state index is 13.3. The summed E-state index contributed by atoms with van der Waals surface area (Å²) in [5, 5.41) is 11.1. The number of fused-ring (bicyclic) bond motifs is 1. The number of aromatic nitrogens is 3. The normalized spacial score (nSPS) is 12.6. The number of aromatic hydroxyl groups is 1. The lowest BCUT2D eigenvalue weighted by molar-refractivity contribution is -0.145. The maximum Gasteiger partial charge on any atom is 0.315 e. The number of phenolic OH excluding ortho intramolecular Hbond substituents is 1. The van der Waals surface area contributed by atoms with E-state index in [1.54, 1.807) is 30.8 Å². The Labute approximate surface area is 214 Å². The van der Waals surface area contributed by atoms with Crippen LogP contribution in [-0.4, -0.2) is 37.0 Å². The number of aryl methyl sites for hydroxylation is 1. The molecule has 0 fully saturated rings. The molecule has 8 heteroatoms. The number of carbonyl (C=O) groups is 1. The average molecular weight is 508 g/mol. The number of thioether (sulfide) groups is 1. The number of ether oxygens (including phenoxy) is 1. The number of carbonyl (C=O) groups excluding carboxylic acids is 1. The zero-order valence-corrected chi connectivity index (χ0v) is 21.9. The lowest BCUT2D eigenvalue weighted by atomic mass is 9.95. The van der Waals surface area contributed by atoms with E-state index in [9.17, 15) is 14.3 Å². The summed E-state index contributed by atoms with van der Waals surface area (Å²) in [6, 6.07) is 12.9. The molecule has 188 valence electrons. The molecule has 2 aromatic carbocycles. The molecule has 0 aliphatic rings. The van der Waals surface area contributed by atoms with Crippen LogP contribution in [0.25, 0.3) is 22.3 Å². The van der Waals surface area contributed by atoms with Crippen molar-refractivity contribution in [2.24, 2.45) is 7.05 Å².